The van der Waals surface area contributed by atoms with E-state index < -0.39 is 23.9 Å². The number of anilines is 2. The van der Waals surface area contributed by atoms with E-state index in [4.69, 9.17) is 0 Å². The summed E-state index contributed by atoms with van der Waals surface area (Å²) in [6.45, 7) is 0.752. The molecule has 0 aromatic carbocycles. The Morgan fingerprint density at radius 1 is 1.21 bits per heavy atom. The number of nitrogens with one attached hydrogen (secondary N) is 1. The number of fused-ring (bicyclic) bond motifs is 1. The number of aryl methyl sites for hydroxylation is 1. The van der Waals surface area contributed by atoms with Crippen LogP contribution in [0.25, 0.3) is 16.9 Å². The summed E-state index contributed by atoms with van der Waals surface area (Å²) in [7, 11) is 1.51. The smallest absolute Gasteiger partial charge is 0.336 e. The zero-order valence-corrected chi connectivity index (χ0v) is 17.8. The fourth-order valence-electron chi connectivity index (χ4n) is 3.81. The summed E-state index contributed by atoms with van der Waals surface area (Å²) in [6.07, 6.45) is -2.22. The average Bonchev–Trinajstić information content (AvgIpc) is 3.50. The van der Waals surface area contributed by atoms with E-state index in [1.807, 2.05) is 0 Å². The number of pyridine rings is 2. The molecule has 1 amide bonds. The molecule has 5 rings (SSSR count). The molecule has 176 valence electrons. The van der Waals surface area contributed by atoms with Gasteiger partial charge in [0, 0.05) is 31.5 Å². The maximum absolute atomic E-state index is 13.5. The average molecular weight is 474 g/mol. The number of amides is 1. The first-order valence-electron chi connectivity index (χ1n) is 10.3. The monoisotopic (exact) mass is 474 g/mol. The highest BCUT2D eigenvalue weighted by Gasteiger charge is 2.33. The molecule has 1 atom stereocenters. The zero-order valence-electron chi connectivity index (χ0n) is 17.8. The van der Waals surface area contributed by atoms with Gasteiger partial charge in [0.15, 0.2) is 5.65 Å². The van der Waals surface area contributed by atoms with Crippen LogP contribution in [-0.2, 0) is 13.2 Å². The molecule has 34 heavy (non-hydrogen) atoms. The zero-order chi connectivity index (χ0) is 24.0. The van der Waals surface area contributed by atoms with Crippen molar-refractivity contribution in [3.63, 3.8) is 0 Å². The third-order valence-electron chi connectivity index (χ3n) is 5.47. The first-order chi connectivity index (χ1) is 16.2. The molecule has 1 fully saturated rings. The highest BCUT2D eigenvalue weighted by molar-refractivity contribution is 6.07. The van der Waals surface area contributed by atoms with Gasteiger partial charge in [-0.25, -0.2) is 13.9 Å². The highest BCUT2D eigenvalue weighted by Crippen LogP contribution is 2.30. The van der Waals surface area contributed by atoms with Crippen molar-refractivity contribution in [3.8, 4) is 11.3 Å². The van der Waals surface area contributed by atoms with Crippen molar-refractivity contribution in [1.29, 1.82) is 0 Å². The molecule has 0 aliphatic carbocycles. The second-order valence-electron chi connectivity index (χ2n) is 7.85. The minimum absolute atomic E-state index is 0.0255. The van der Waals surface area contributed by atoms with Crippen molar-refractivity contribution < 1.29 is 22.4 Å². The first-order valence-corrected chi connectivity index (χ1v) is 10.3. The molecule has 1 N–H and O–H groups in total. The fourth-order valence-corrected chi connectivity index (χ4v) is 3.81. The lowest BCUT2D eigenvalue weighted by atomic mass is 10.1. The molecule has 0 radical (unpaired) electrons. The lowest BCUT2D eigenvalue weighted by molar-refractivity contribution is -0.141. The number of rotatable bonds is 4. The number of halogens is 4. The molecule has 1 unspecified atom stereocenters. The topological polar surface area (TPSA) is 93.2 Å². The minimum Gasteiger partial charge on any atom is -0.336 e. The number of carbonyl (C=O) groups excluding carboxylic acids is 1. The van der Waals surface area contributed by atoms with Gasteiger partial charge in [0.25, 0.3) is 5.91 Å². The lowest BCUT2D eigenvalue weighted by Gasteiger charge is -2.10. The molecule has 4 aromatic heterocycles. The Balaban J connectivity index is 1.41. The SMILES string of the molecule is Cn1ncc(-c2cccc(C(F)(F)F)n2)c1C(=O)Nc1ccn2nc(N3CCC(F)C3)nc2c1. The second-order valence-corrected chi connectivity index (χ2v) is 7.85. The van der Waals surface area contributed by atoms with Crippen LogP contribution in [0, 0.1) is 0 Å². The Labute approximate surface area is 190 Å². The molecule has 0 bridgehead atoms. The highest BCUT2D eigenvalue weighted by atomic mass is 19.4. The van der Waals surface area contributed by atoms with Gasteiger partial charge < -0.3 is 10.2 Å². The first kappa shape index (κ1) is 21.8. The maximum Gasteiger partial charge on any atom is 0.433 e. The number of hydrogen-bond acceptors (Lipinski definition) is 6. The molecule has 4 aromatic rings. The number of hydrogen-bond donors (Lipinski definition) is 1. The van der Waals surface area contributed by atoms with E-state index in [9.17, 15) is 22.4 Å². The van der Waals surface area contributed by atoms with E-state index in [0.717, 1.165) is 6.07 Å². The lowest BCUT2D eigenvalue weighted by Crippen LogP contribution is -2.21. The summed E-state index contributed by atoms with van der Waals surface area (Å²) in [5.74, 6) is -0.189. The van der Waals surface area contributed by atoms with Gasteiger partial charge in [0.1, 0.15) is 17.6 Å². The Morgan fingerprint density at radius 3 is 2.76 bits per heavy atom. The third kappa shape index (κ3) is 4.04. The molecule has 9 nitrogen and oxygen atoms in total. The predicted molar refractivity (Wildman–Crippen MR) is 114 cm³/mol. The van der Waals surface area contributed by atoms with Crippen molar-refractivity contribution >= 4 is 23.2 Å². The predicted octanol–water partition coefficient (Wildman–Crippen LogP) is 3.34. The van der Waals surface area contributed by atoms with Crippen LogP contribution >= 0.6 is 0 Å². The van der Waals surface area contributed by atoms with Gasteiger partial charge in [0.2, 0.25) is 5.95 Å². The molecular weight excluding hydrogens is 456 g/mol. The van der Waals surface area contributed by atoms with Gasteiger partial charge in [-0.15, -0.1) is 5.10 Å². The van der Waals surface area contributed by atoms with Crippen LogP contribution in [0.3, 0.4) is 0 Å². The molecular formula is C21H18F4N8O. The normalized spacial score (nSPS) is 16.4. The van der Waals surface area contributed by atoms with Gasteiger partial charge >= 0.3 is 6.18 Å². The summed E-state index contributed by atoms with van der Waals surface area (Å²) in [5.41, 5.74) is -0.0512. The van der Waals surface area contributed by atoms with Crippen LogP contribution in [0.4, 0.5) is 29.2 Å². The van der Waals surface area contributed by atoms with Crippen LogP contribution < -0.4 is 10.2 Å². The van der Waals surface area contributed by atoms with Gasteiger partial charge in [-0.3, -0.25) is 9.48 Å². The van der Waals surface area contributed by atoms with Crippen LogP contribution in [0.2, 0.25) is 0 Å². The fraction of sp³-hybridized carbons (Fsp3) is 0.286. The summed E-state index contributed by atoms with van der Waals surface area (Å²) < 4.78 is 55.5. The van der Waals surface area contributed by atoms with E-state index in [0.29, 0.717) is 30.2 Å². The Kier molecular flexibility index (Phi) is 5.18. The largest absolute Gasteiger partial charge is 0.433 e. The van der Waals surface area contributed by atoms with E-state index >= 15 is 0 Å². The van der Waals surface area contributed by atoms with Crippen LogP contribution in [-0.4, -0.2) is 54.5 Å². The molecule has 0 saturated carbocycles. The van der Waals surface area contributed by atoms with Crippen LogP contribution in [0.15, 0.2) is 42.7 Å². The standard InChI is InChI=1S/C21H18F4N8O/c1-31-18(14(10-26-31)15-3-2-4-16(28-15)21(23,24)25)19(34)27-13-6-8-33-17(9-13)29-20(30-33)32-7-5-12(22)11-32/h2-4,6,8-10,12H,5,7,11H2,1H3,(H,27,34). The van der Waals surface area contributed by atoms with Gasteiger partial charge in [-0.1, -0.05) is 6.07 Å². The van der Waals surface area contributed by atoms with Crippen LogP contribution in [0.1, 0.15) is 22.6 Å². The summed E-state index contributed by atoms with van der Waals surface area (Å²) >= 11 is 0. The van der Waals surface area contributed by atoms with Crippen molar-refractivity contribution in [1.82, 2.24) is 29.4 Å². The molecule has 1 aliphatic rings. The number of nitrogens with zero attached hydrogens (tertiary/aromatic N) is 7. The van der Waals surface area contributed by atoms with Crippen molar-refractivity contribution in [2.75, 3.05) is 23.3 Å². The van der Waals surface area contributed by atoms with Crippen molar-refractivity contribution in [3.05, 3.63) is 54.1 Å². The third-order valence-corrected chi connectivity index (χ3v) is 5.47. The molecule has 5 heterocycles. The molecule has 13 heteroatoms. The summed E-state index contributed by atoms with van der Waals surface area (Å²) in [4.78, 5) is 22.8. The number of aromatic nitrogens is 6. The minimum atomic E-state index is -4.62. The van der Waals surface area contributed by atoms with E-state index in [2.05, 4.69) is 25.5 Å². The van der Waals surface area contributed by atoms with Crippen LogP contribution in [0.5, 0.6) is 0 Å². The maximum atomic E-state index is 13.5. The Bertz CT molecular complexity index is 1380. The molecule has 1 aliphatic heterocycles. The number of carbonyl (C=O) groups is 1. The van der Waals surface area contributed by atoms with Gasteiger partial charge in [-0.05, 0) is 24.6 Å². The molecule has 1 saturated heterocycles. The van der Waals surface area contributed by atoms with Gasteiger partial charge in [0.05, 0.1) is 24.0 Å². The van der Waals surface area contributed by atoms with Crippen molar-refractivity contribution in [2.45, 2.75) is 18.8 Å². The van der Waals surface area contributed by atoms with E-state index in [1.54, 1.807) is 23.2 Å². The quantitative estimate of drug-likeness (QED) is 0.456. The van der Waals surface area contributed by atoms with E-state index in [1.165, 1.54) is 34.6 Å². The molecule has 0 spiro atoms. The van der Waals surface area contributed by atoms with E-state index in [-0.39, 0.29) is 23.5 Å². The van der Waals surface area contributed by atoms with Gasteiger partial charge in [-0.2, -0.15) is 23.3 Å². The Morgan fingerprint density at radius 2 is 2.03 bits per heavy atom. The second kappa shape index (κ2) is 8.08. The summed E-state index contributed by atoms with van der Waals surface area (Å²) in [5, 5.41) is 11.1. The Hall–Kier alpha value is -4.03. The summed E-state index contributed by atoms with van der Waals surface area (Å²) in [6, 6.07) is 6.66. The van der Waals surface area contributed by atoms with Crippen molar-refractivity contribution in [2.24, 2.45) is 7.05 Å². The number of alkyl halides is 4.